The topological polar surface area (TPSA) is 38.9 Å². The SMILES string of the molecule is [Ir].[c-]1cc2c(cc1-c1nccc3c1ccc1c4ccccc4ccc31)oc1cc3ccccc3cc12.[c-]1ccccc1-c1ccccn1. The first kappa shape index (κ1) is 29.7. The van der Waals surface area contributed by atoms with Gasteiger partial charge in [-0.05, 0) is 78.1 Å². The zero-order valence-corrected chi connectivity index (χ0v) is 28.0. The minimum Gasteiger partial charge on any atom is -0.476 e. The van der Waals surface area contributed by atoms with Crippen molar-refractivity contribution in [2.75, 3.05) is 0 Å². The Morgan fingerprint density at radius 2 is 1.15 bits per heavy atom. The molecule has 4 heteroatoms. The van der Waals surface area contributed by atoms with Gasteiger partial charge in [-0.1, -0.05) is 102 Å². The molecule has 0 atom stereocenters. The van der Waals surface area contributed by atoms with Gasteiger partial charge in [0.2, 0.25) is 0 Å². The number of aromatic nitrogens is 2. The number of pyridine rings is 2. The van der Waals surface area contributed by atoms with Gasteiger partial charge in [0, 0.05) is 32.5 Å². The number of benzene rings is 7. The number of hydrogen-bond acceptors (Lipinski definition) is 3. The van der Waals surface area contributed by atoms with Gasteiger partial charge >= 0.3 is 0 Å². The second-order valence-corrected chi connectivity index (χ2v) is 11.6. The van der Waals surface area contributed by atoms with Crippen molar-refractivity contribution in [3.63, 3.8) is 0 Å². The standard InChI is InChI=1S/C33H18NO.C11H8N.Ir/c1-2-7-22-18-32-30(17-21(22)6-1)28-12-10-23(19-31(28)35-32)33-29-14-13-25-24-8-4-3-5-20(24)9-11-26(25)27(29)15-16-34-33;1-2-6-10(7-3-1)11-8-4-5-9-12-11;/h1-9,11-19H;1-6,8-9H;/q2*-1;. The van der Waals surface area contributed by atoms with Crippen molar-refractivity contribution < 1.29 is 24.5 Å². The number of furan rings is 1. The van der Waals surface area contributed by atoms with Crippen LogP contribution in [0, 0.1) is 12.1 Å². The maximum atomic E-state index is 6.31. The molecule has 0 spiro atoms. The van der Waals surface area contributed by atoms with E-state index < -0.39 is 0 Å². The molecule has 7 aromatic carbocycles. The molecular formula is C44H26IrN2O-2. The molecule has 0 aliphatic heterocycles. The average molecular weight is 791 g/mol. The molecule has 0 N–H and O–H groups in total. The maximum Gasteiger partial charge on any atom is 0.124 e. The van der Waals surface area contributed by atoms with Crippen LogP contribution < -0.4 is 0 Å². The third-order valence-corrected chi connectivity index (χ3v) is 8.84. The molecule has 1 radical (unpaired) electrons. The van der Waals surface area contributed by atoms with Gasteiger partial charge in [0.05, 0.1) is 5.58 Å². The zero-order chi connectivity index (χ0) is 31.2. The predicted octanol–water partition coefficient (Wildman–Crippen LogP) is 11.6. The smallest absolute Gasteiger partial charge is 0.124 e. The molecule has 0 saturated heterocycles. The van der Waals surface area contributed by atoms with E-state index >= 15 is 0 Å². The van der Waals surface area contributed by atoms with Gasteiger partial charge < -0.3 is 14.4 Å². The number of fused-ring (bicyclic) bond motifs is 9. The first-order valence-corrected chi connectivity index (χ1v) is 15.6. The van der Waals surface area contributed by atoms with Crippen molar-refractivity contribution in [2.24, 2.45) is 0 Å². The molecule has 0 fully saturated rings. The van der Waals surface area contributed by atoms with Crippen LogP contribution in [0.1, 0.15) is 0 Å². The van der Waals surface area contributed by atoms with Crippen LogP contribution in [0.15, 0.2) is 162 Å². The molecule has 229 valence electrons. The summed E-state index contributed by atoms with van der Waals surface area (Å²) in [5.74, 6) is 0. The largest absolute Gasteiger partial charge is 0.476 e. The molecule has 3 aromatic heterocycles. The quantitative estimate of drug-likeness (QED) is 0.129. The van der Waals surface area contributed by atoms with E-state index in [1.54, 1.807) is 6.20 Å². The molecule has 3 heterocycles. The fourth-order valence-corrected chi connectivity index (χ4v) is 6.58. The van der Waals surface area contributed by atoms with Crippen molar-refractivity contribution in [3.05, 3.63) is 170 Å². The molecular weight excluding hydrogens is 765 g/mol. The molecule has 0 unspecified atom stereocenters. The summed E-state index contributed by atoms with van der Waals surface area (Å²) in [6.45, 7) is 0. The van der Waals surface area contributed by atoms with Crippen molar-refractivity contribution in [1.29, 1.82) is 0 Å². The third-order valence-electron chi connectivity index (χ3n) is 8.84. The summed E-state index contributed by atoms with van der Waals surface area (Å²) in [5, 5.41) is 11.9. The summed E-state index contributed by atoms with van der Waals surface area (Å²) in [6, 6.07) is 56.6. The van der Waals surface area contributed by atoms with Crippen molar-refractivity contribution >= 4 is 65.0 Å². The van der Waals surface area contributed by atoms with Gasteiger partial charge in [-0.25, -0.2) is 0 Å². The Morgan fingerprint density at radius 1 is 0.438 bits per heavy atom. The minimum absolute atomic E-state index is 0. The maximum absolute atomic E-state index is 6.31. The summed E-state index contributed by atoms with van der Waals surface area (Å²) in [6.07, 6.45) is 3.69. The van der Waals surface area contributed by atoms with Crippen LogP contribution in [0.4, 0.5) is 0 Å². The Morgan fingerprint density at radius 3 is 1.98 bits per heavy atom. The van der Waals surface area contributed by atoms with Gasteiger partial charge in [0.1, 0.15) is 5.58 Å². The fourth-order valence-electron chi connectivity index (χ4n) is 6.58. The normalized spacial score (nSPS) is 11.2. The van der Waals surface area contributed by atoms with Crippen LogP contribution in [0.3, 0.4) is 0 Å². The minimum atomic E-state index is 0. The van der Waals surface area contributed by atoms with E-state index in [1.807, 2.05) is 54.7 Å². The first-order chi connectivity index (χ1) is 23.3. The van der Waals surface area contributed by atoms with Gasteiger partial charge in [-0.2, -0.15) is 0 Å². The zero-order valence-electron chi connectivity index (χ0n) is 25.6. The molecule has 10 aromatic rings. The summed E-state index contributed by atoms with van der Waals surface area (Å²) < 4.78 is 6.31. The van der Waals surface area contributed by atoms with E-state index in [1.165, 1.54) is 37.7 Å². The first-order valence-electron chi connectivity index (χ1n) is 15.6. The molecule has 0 saturated carbocycles. The Bertz CT molecular complexity index is 2700. The monoisotopic (exact) mass is 791 g/mol. The molecule has 0 aliphatic rings. The Balaban J connectivity index is 0.000000220. The summed E-state index contributed by atoms with van der Waals surface area (Å²) >= 11 is 0. The van der Waals surface area contributed by atoms with E-state index in [9.17, 15) is 0 Å². The molecule has 0 bridgehead atoms. The molecule has 0 amide bonds. The number of nitrogens with zero attached hydrogens (tertiary/aromatic N) is 2. The van der Waals surface area contributed by atoms with Crippen molar-refractivity contribution in [3.8, 4) is 22.5 Å². The van der Waals surface area contributed by atoms with Gasteiger partial charge in [0.15, 0.2) is 0 Å². The van der Waals surface area contributed by atoms with E-state index in [4.69, 9.17) is 9.40 Å². The number of hydrogen-bond donors (Lipinski definition) is 0. The summed E-state index contributed by atoms with van der Waals surface area (Å²) in [4.78, 5) is 9.00. The van der Waals surface area contributed by atoms with Crippen LogP contribution in [0.5, 0.6) is 0 Å². The molecule has 48 heavy (non-hydrogen) atoms. The van der Waals surface area contributed by atoms with Gasteiger partial charge in [-0.3, -0.25) is 0 Å². The van der Waals surface area contributed by atoms with Gasteiger partial charge in [-0.15, -0.1) is 53.6 Å². The van der Waals surface area contributed by atoms with E-state index in [0.29, 0.717) is 0 Å². The van der Waals surface area contributed by atoms with E-state index in [2.05, 4.69) is 114 Å². The Labute approximate surface area is 290 Å². The number of rotatable bonds is 2. The second kappa shape index (κ2) is 12.5. The Kier molecular flexibility index (Phi) is 7.74. The van der Waals surface area contributed by atoms with Crippen LogP contribution >= 0.6 is 0 Å². The second-order valence-electron chi connectivity index (χ2n) is 11.6. The fraction of sp³-hybridized carbons (Fsp3) is 0. The van der Waals surface area contributed by atoms with Crippen LogP contribution in [-0.4, -0.2) is 9.97 Å². The third kappa shape index (κ3) is 5.22. The van der Waals surface area contributed by atoms with Crippen LogP contribution in [0.2, 0.25) is 0 Å². The summed E-state index contributed by atoms with van der Waals surface area (Å²) in [5.41, 5.74) is 5.62. The van der Waals surface area contributed by atoms with Crippen molar-refractivity contribution in [1.82, 2.24) is 9.97 Å². The molecule has 10 rings (SSSR count). The Hall–Kier alpha value is -5.67. The van der Waals surface area contributed by atoms with E-state index in [0.717, 1.165) is 49.8 Å². The van der Waals surface area contributed by atoms with Gasteiger partial charge in [0.25, 0.3) is 0 Å². The van der Waals surface area contributed by atoms with Crippen LogP contribution in [-0.2, 0) is 20.1 Å². The van der Waals surface area contributed by atoms with Crippen molar-refractivity contribution in [2.45, 2.75) is 0 Å². The molecule has 0 aliphatic carbocycles. The summed E-state index contributed by atoms with van der Waals surface area (Å²) in [7, 11) is 0. The average Bonchev–Trinajstić information content (AvgIpc) is 3.50. The molecule has 3 nitrogen and oxygen atoms in total. The van der Waals surface area contributed by atoms with E-state index in [-0.39, 0.29) is 20.1 Å². The van der Waals surface area contributed by atoms with Crippen LogP contribution in [0.25, 0.3) is 87.5 Å². The predicted molar refractivity (Wildman–Crippen MR) is 194 cm³/mol.